The molecule has 0 spiro atoms. The number of rotatable bonds is 4. The molecule has 3 rings (SSSR count). The highest BCUT2D eigenvalue weighted by Crippen LogP contribution is 2.23. The number of piperidine rings is 1. The predicted molar refractivity (Wildman–Crippen MR) is 98.3 cm³/mol. The van der Waals surface area contributed by atoms with E-state index in [0.717, 1.165) is 11.6 Å². The first-order chi connectivity index (χ1) is 12.5. The summed E-state index contributed by atoms with van der Waals surface area (Å²) in [6.07, 6.45) is 1.20. The quantitative estimate of drug-likeness (QED) is 0.888. The number of nitrogens with one attached hydrogen (secondary N) is 1. The second-order valence-electron chi connectivity index (χ2n) is 6.39. The molecule has 0 atom stereocenters. The summed E-state index contributed by atoms with van der Waals surface area (Å²) in [5, 5.41) is 3.06. The molecule has 0 aromatic heterocycles. The molecule has 1 N–H and O–H groups in total. The van der Waals surface area contributed by atoms with E-state index in [1.54, 1.807) is 4.90 Å². The minimum atomic E-state index is -0.472. The molecule has 0 radical (unpaired) electrons. The lowest BCUT2D eigenvalue weighted by atomic mass is 9.95. The molecule has 1 aliphatic rings. The Labute approximate surface area is 157 Å². The summed E-state index contributed by atoms with van der Waals surface area (Å²) in [5.41, 5.74) is 1.35. The van der Waals surface area contributed by atoms with E-state index in [4.69, 9.17) is 11.6 Å². The van der Waals surface area contributed by atoms with Crippen LogP contribution in [-0.4, -0.2) is 29.8 Å². The first kappa shape index (κ1) is 18.4. The van der Waals surface area contributed by atoms with Gasteiger partial charge in [-0.05, 0) is 36.6 Å². The Kier molecular flexibility index (Phi) is 5.89. The monoisotopic (exact) mass is 374 g/mol. The molecule has 26 heavy (non-hydrogen) atoms. The number of benzene rings is 2. The fraction of sp³-hybridized carbons (Fsp3) is 0.300. The molecule has 2 aromatic rings. The zero-order valence-electron chi connectivity index (χ0n) is 14.3. The second-order valence-corrected chi connectivity index (χ2v) is 6.80. The minimum absolute atomic E-state index is 0.0146. The summed E-state index contributed by atoms with van der Waals surface area (Å²) in [7, 11) is 0. The Bertz CT molecular complexity index is 790. The van der Waals surface area contributed by atoms with Crippen molar-refractivity contribution in [1.29, 1.82) is 0 Å². The topological polar surface area (TPSA) is 49.4 Å². The molecule has 0 unspecified atom stereocenters. The van der Waals surface area contributed by atoms with Crippen molar-refractivity contribution in [2.75, 3.05) is 13.1 Å². The van der Waals surface area contributed by atoms with Crippen molar-refractivity contribution >= 4 is 23.4 Å². The second kappa shape index (κ2) is 8.32. The van der Waals surface area contributed by atoms with Crippen LogP contribution >= 0.6 is 11.6 Å². The number of hydrogen-bond acceptors (Lipinski definition) is 2. The van der Waals surface area contributed by atoms with E-state index in [1.165, 1.54) is 12.1 Å². The lowest BCUT2D eigenvalue weighted by Crippen LogP contribution is -2.43. The summed E-state index contributed by atoms with van der Waals surface area (Å²) in [4.78, 5) is 26.5. The molecule has 0 saturated carbocycles. The first-order valence-corrected chi connectivity index (χ1v) is 8.98. The average Bonchev–Trinajstić information content (AvgIpc) is 2.66. The lowest BCUT2D eigenvalue weighted by molar-refractivity contribution is -0.126. The van der Waals surface area contributed by atoms with Gasteiger partial charge in [0.15, 0.2) is 0 Å². The molecule has 2 amide bonds. The number of carbonyl (C=O) groups excluding carboxylic acids is 2. The highest BCUT2D eigenvalue weighted by Gasteiger charge is 2.28. The maximum Gasteiger partial charge on any atom is 0.255 e. The van der Waals surface area contributed by atoms with Crippen molar-refractivity contribution in [3.05, 3.63) is 70.5 Å². The fourth-order valence-electron chi connectivity index (χ4n) is 3.11. The zero-order chi connectivity index (χ0) is 18.5. The van der Waals surface area contributed by atoms with Gasteiger partial charge < -0.3 is 10.2 Å². The van der Waals surface area contributed by atoms with Gasteiger partial charge in [0.1, 0.15) is 5.82 Å². The fourth-order valence-corrected chi connectivity index (χ4v) is 3.36. The number of amides is 2. The van der Waals surface area contributed by atoms with Crippen LogP contribution < -0.4 is 5.32 Å². The summed E-state index contributed by atoms with van der Waals surface area (Å²) in [5.74, 6) is -0.786. The summed E-state index contributed by atoms with van der Waals surface area (Å²) in [6.45, 7) is 1.47. The van der Waals surface area contributed by atoms with Crippen LogP contribution in [0.25, 0.3) is 0 Å². The summed E-state index contributed by atoms with van der Waals surface area (Å²) in [6, 6.07) is 13.5. The Balaban J connectivity index is 1.52. The Morgan fingerprint density at radius 2 is 1.81 bits per heavy atom. The van der Waals surface area contributed by atoms with Crippen LogP contribution in [0.5, 0.6) is 0 Å². The molecule has 1 fully saturated rings. The van der Waals surface area contributed by atoms with Crippen LogP contribution in [0.3, 0.4) is 0 Å². The summed E-state index contributed by atoms with van der Waals surface area (Å²) < 4.78 is 13.1. The van der Waals surface area contributed by atoms with Gasteiger partial charge in [0.25, 0.3) is 5.91 Å². The van der Waals surface area contributed by atoms with Crippen LogP contribution in [0.4, 0.5) is 4.39 Å². The smallest absolute Gasteiger partial charge is 0.255 e. The molecule has 1 aliphatic heterocycles. The van der Waals surface area contributed by atoms with Gasteiger partial charge in [-0.15, -0.1) is 0 Å². The third-order valence-electron chi connectivity index (χ3n) is 4.62. The van der Waals surface area contributed by atoms with Gasteiger partial charge in [0, 0.05) is 25.6 Å². The predicted octanol–water partition coefficient (Wildman–Crippen LogP) is 3.65. The van der Waals surface area contributed by atoms with Crippen LogP contribution in [0.15, 0.2) is 48.5 Å². The molecule has 0 bridgehead atoms. The molecule has 0 aliphatic carbocycles. The van der Waals surface area contributed by atoms with E-state index in [-0.39, 0.29) is 22.8 Å². The third-order valence-corrected chi connectivity index (χ3v) is 4.94. The standard InChI is InChI=1S/C20H20ClFN2O2/c21-18-12-16(22)6-7-17(18)20(26)24-10-8-15(9-11-24)19(25)23-13-14-4-2-1-3-5-14/h1-7,12,15H,8-11,13H2,(H,23,25). The lowest BCUT2D eigenvalue weighted by Gasteiger charge is -2.31. The molecular formula is C20H20ClFN2O2. The molecular weight excluding hydrogens is 355 g/mol. The Morgan fingerprint density at radius 1 is 1.12 bits per heavy atom. The van der Waals surface area contributed by atoms with E-state index in [1.807, 2.05) is 30.3 Å². The number of carbonyl (C=O) groups is 2. The van der Waals surface area contributed by atoms with Crippen LogP contribution in [0, 0.1) is 11.7 Å². The van der Waals surface area contributed by atoms with Crippen molar-refractivity contribution in [2.45, 2.75) is 19.4 Å². The van der Waals surface area contributed by atoms with Gasteiger partial charge in [-0.2, -0.15) is 0 Å². The maximum atomic E-state index is 13.1. The number of likely N-dealkylation sites (tertiary alicyclic amines) is 1. The Morgan fingerprint density at radius 3 is 2.46 bits per heavy atom. The van der Waals surface area contributed by atoms with Crippen molar-refractivity contribution in [3.8, 4) is 0 Å². The van der Waals surface area contributed by atoms with Crippen molar-refractivity contribution < 1.29 is 14.0 Å². The van der Waals surface area contributed by atoms with Gasteiger partial charge in [-0.3, -0.25) is 9.59 Å². The average molecular weight is 375 g/mol. The molecule has 136 valence electrons. The largest absolute Gasteiger partial charge is 0.352 e. The van der Waals surface area contributed by atoms with Gasteiger partial charge in [0.05, 0.1) is 10.6 Å². The van der Waals surface area contributed by atoms with Gasteiger partial charge in [-0.1, -0.05) is 41.9 Å². The van der Waals surface area contributed by atoms with Crippen LogP contribution in [0.1, 0.15) is 28.8 Å². The molecule has 1 heterocycles. The van der Waals surface area contributed by atoms with E-state index in [0.29, 0.717) is 38.0 Å². The van der Waals surface area contributed by atoms with E-state index in [9.17, 15) is 14.0 Å². The SMILES string of the molecule is O=C(NCc1ccccc1)C1CCN(C(=O)c2ccc(F)cc2Cl)CC1. The summed E-state index contributed by atoms with van der Waals surface area (Å²) >= 11 is 5.97. The first-order valence-electron chi connectivity index (χ1n) is 8.60. The van der Waals surface area contributed by atoms with Crippen molar-refractivity contribution in [2.24, 2.45) is 5.92 Å². The van der Waals surface area contributed by atoms with E-state index >= 15 is 0 Å². The zero-order valence-corrected chi connectivity index (χ0v) is 15.0. The minimum Gasteiger partial charge on any atom is -0.352 e. The molecule has 6 heteroatoms. The van der Waals surface area contributed by atoms with E-state index < -0.39 is 5.82 Å². The maximum absolute atomic E-state index is 13.1. The Hall–Kier alpha value is -2.40. The van der Waals surface area contributed by atoms with Gasteiger partial charge in [0.2, 0.25) is 5.91 Å². The molecule has 4 nitrogen and oxygen atoms in total. The number of nitrogens with zero attached hydrogens (tertiary/aromatic N) is 1. The normalized spacial score (nSPS) is 14.9. The van der Waals surface area contributed by atoms with E-state index in [2.05, 4.69) is 5.32 Å². The number of halogens is 2. The van der Waals surface area contributed by atoms with Gasteiger partial charge in [-0.25, -0.2) is 4.39 Å². The van der Waals surface area contributed by atoms with Gasteiger partial charge >= 0.3 is 0 Å². The third kappa shape index (κ3) is 4.41. The molecule has 2 aromatic carbocycles. The highest BCUT2D eigenvalue weighted by atomic mass is 35.5. The number of hydrogen-bond donors (Lipinski definition) is 1. The highest BCUT2D eigenvalue weighted by molar-refractivity contribution is 6.33. The molecule has 1 saturated heterocycles. The van der Waals surface area contributed by atoms with Crippen molar-refractivity contribution in [3.63, 3.8) is 0 Å². The van der Waals surface area contributed by atoms with Crippen LogP contribution in [-0.2, 0) is 11.3 Å². The van der Waals surface area contributed by atoms with Crippen LogP contribution in [0.2, 0.25) is 5.02 Å². The van der Waals surface area contributed by atoms with Crippen molar-refractivity contribution in [1.82, 2.24) is 10.2 Å².